The van der Waals surface area contributed by atoms with Gasteiger partial charge in [0.15, 0.2) is 5.82 Å². The molecule has 3 rings (SSSR count). The molecule has 0 saturated heterocycles. The van der Waals surface area contributed by atoms with E-state index in [-0.39, 0.29) is 6.04 Å². The zero-order chi connectivity index (χ0) is 15.4. The summed E-state index contributed by atoms with van der Waals surface area (Å²) in [6, 6.07) is 5.97. The van der Waals surface area contributed by atoms with E-state index in [2.05, 4.69) is 27.4 Å². The molecule has 2 bridgehead atoms. The van der Waals surface area contributed by atoms with E-state index in [0.717, 1.165) is 42.5 Å². The summed E-state index contributed by atoms with van der Waals surface area (Å²) in [4.78, 5) is 4.65. The van der Waals surface area contributed by atoms with Crippen molar-refractivity contribution in [3.63, 3.8) is 0 Å². The highest BCUT2D eigenvalue weighted by Gasteiger charge is 2.14. The van der Waals surface area contributed by atoms with Crippen molar-refractivity contribution < 1.29 is 4.74 Å². The van der Waals surface area contributed by atoms with Gasteiger partial charge in [0.1, 0.15) is 23.6 Å². The minimum atomic E-state index is 0.0753. The van der Waals surface area contributed by atoms with Crippen molar-refractivity contribution in [3.8, 4) is 11.5 Å². The second-order valence-electron chi connectivity index (χ2n) is 5.37. The predicted octanol–water partition coefficient (Wildman–Crippen LogP) is 2.85. The number of nitrogens with zero attached hydrogens (tertiary/aromatic N) is 4. The van der Waals surface area contributed by atoms with Crippen LogP contribution in [-0.2, 0) is 11.3 Å². The van der Waals surface area contributed by atoms with Crippen LogP contribution < -0.4 is 5.32 Å². The van der Waals surface area contributed by atoms with Crippen LogP contribution in [0.1, 0.15) is 26.7 Å². The van der Waals surface area contributed by atoms with E-state index in [1.54, 1.807) is 6.33 Å². The van der Waals surface area contributed by atoms with Gasteiger partial charge in [-0.05, 0) is 44.9 Å². The molecule has 6 nitrogen and oxygen atoms in total. The molecule has 0 spiro atoms. The number of nitrogens with one attached hydrogen (secondary N) is 1. The van der Waals surface area contributed by atoms with Gasteiger partial charge in [-0.3, -0.25) is 0 Å². The summed E-state index contributed by atoms with van der Waals surface area (Å²) in [6.07, 6.45) is 5.78. The fourth-order valence-corrected chi connectivity index (χ4v) is 2.58. The number of aryl methyl sites for hydroxylation is 1. The van der Waals surface area contributed by atoms with Crippen LogP contribution in [-0.4, -0.2) is 32.4 Å². The first-order valence-electron chi connectivity index (χ1n) is 7.68. The first kappa shape index (κ1) is 14.6. The lowest BCUT2D eigenvalue weighted by Gasteiger charge is -2.19. The lowest BCUT2D eigenvalue weighted by molar-refractivity contribution is 0.192. The molecule has 0 saturated carbocycles. The molecule has 1 N–H and O–H groups in total. The van der Waals surface area contributed by atoms with Crippen LogP contribution >= 0.6 is 0 Å². The molecule has 2 aromatic rings. The second-order valence-corrected chi connectivity index (χ2v) is 5.37. The molecular weight excluding hydrogens is 278 g/mol. The fraction of sp³-hybridized carbons (Fsp3) is 0.438. The number of ether oxygens (including phenoxy) is 1. The van der Waals surface area contributed by atoms with Gasteiger partial charge in [0, 0.05) is 6.54 Å². The molecule has 0 radical (unpaired) electrons. The summed E-state index contributed by atoms with van der Waals surface area (Å²) in [7, 11) is 0. The summed E-state index contributed by atoms with van der Waals surface area (Å²) in [5.41, 5.74) is 0.830. The summed E-state index contributed by atoms with van der Waals surface area (Å²) in [5.74, 6) is 2.57. The number of aromatic nitrogens is 4. The van der Waals surface area contributed by atoms with Gasteiger partial charge >= 0.3 is 0 Å². The molecule has 1 aliphatic rings. The van der Waals surface area contributed by atoms with Gasteiger partial charge in [-0.25, -0.2) is 4.98 Å². The number of pyridine rings is 1. The molecule has 22 heavy (non-hydrogen) atoms. The lowest BCUT2D eigenvalue weighted by Crippen LogP contribution is -2.21. The maximum absolute atomic E-state index is 5.89. The largest absolute Gasteiger partial charge is 0.496 e. The normalized spacial score (nSPS) is 20.8. The summed E-state index contributed by atoms with van der Waals surface area (Å²) in [6.45, 7) is 5.66. The summed E-state index contributed by atoms with van der Waals surface area (Å²) < 4.78 is 7.93. The third-order valence-corrected chi connectivity index (χ3v) is 3.73. The van der Waals surface area contributed by atoms with Crippen LogP contribution in [0.2, 0.25) is 0 Å². The average Bonchev–Trinajstić information content (AvgIpc) is 2.98. The van der Waals surface area contributed by atoms with Gasteiger partial charge in [-0.1, -0.05) is 6.07 Å². The molecule has 0 aliphatic carbocycles. The van der Waals surface area contributed by atoms with Gasteiger partial charge in [-0.2, -0.15) is 0 Å². The Morgan fingerprint density at radius 3 is 3.14 bits per heavy atom. The highest BCUT2D eigenvalue weighted by atomic mass is 16.5. The van der Waals surface area contributed by atoms with Crippen molar-refractivity contribution >= 4 is 5.82 Å². The zero-order valence-electron chi connectivity index (χ0n) is 13.0. The Morgan fingerprint density at radius 2 is 2.27 bits per heavy atom. The number of fused-ring (bicyclic) bond motifs is 4. The smallest absolute Gasteiger partial charge is 0.182 e. The van der Waals surface area contributed by atoms with Crippen molar-refractivity contribution in [2.24, 2.45) is 0 Å². The molecule has 116 valence electrons. The Hall–Kier alpha value is -2.37. The highest BCUT2D eigenvalue weighted by Crippen LogP contribution is 2.19. The van der Waals surface area contributed by atoms with Crippen molar-refractivity contribution in [1.82, 2.24) is 19.7 Å². The van der Waals surface area contributed by atoms with E-state index >= 15 is 0 Å². The topological polar surface area (TPSA) is 64.9 Å². The third kappa shape index (κ3) is 3.10. The summed E-state index contributed by atoms with van der Waals surface area (Å²) >= 11 is 0. The monoisotopic (exact) mass is 299 g/mol. The quantitative estimate of drug-likeness (QED) is 0.810. The minimum Gasteiger partial charge on any atom is -0.496 e. The van der Waals surface area contributed by atoms with Gasteiger partial charge in [0.25, 0.3) is 0 Å². The van der Waals surface area contributed by atoms with Crippen molar-refractivity contribution in [3.05, 3.63) is 36.4 Å². The Morgan fingerprint density at radius 1 is 1.36 bits per heavy atom. The standard InChI is InChI=1S/C16H21N5O/c1-3-14-12(2)18-15-8-6-7-13(19-15)16-20-17-11-21(16)9-4-5-10-22-14/h3,6-8,11-12H,4-5,9-10H2,1-2H3,(H,18,19)/b14-3+. The molecule has 1 unspecified atom stereocenters. The molecule has 6 heteroatoms. The van der Waals surface area contributed by atoms with E-state index < -0.39 is 0 Å². The molecule has 2 aromatic heterocycles. The van der Waals surface area contributed by atoms with Crippen LogP contribution in [0.3, 0.4) is 0 Å². The minimum absolute atomic E-state index is 0.0753. The Bertz CT molecular complexity index is 664. The first-order chi connectivity index (χ1) is 10.8. The fourth-order valence-electron chi connectivity index (χ4n) is 2.58. The first-order valence-corrected chi connectivity index (χ1v) is 7.68. The number of hydrogen-bond acceptors (Lipinski definition) is 5. The van der Waals surface area contributed by atoms with Crippen LogP contribution in [0, 0.1) is 0 Å². The van der Waals surface area contributed by atoms with E-state index in [9.17, 15) is 0 Å². The maximum Gasteiger partial charge on any atom is 0.182 e. The van der Waals surface area contributed by atoms with E-state index in [4.69, 9.17) is 4.74 Å². The van der Waals surface area contributed by atoms with E-state index in [0.29, 0.717) is 6.61 Å². The van der Waals surface area contributed by atoms with Crippen molar-refractivity contribution in [1.29, 1.82) is 0 Å². The van der Waals surface area contributed by atoms with Crippen LogP contribution in [0.15, 0.2) is 36.4 Å². The van der Waals surface area contributed by atoms with Crippen LogP contribution in [0.5, 0.6) is 0 Å². The Balaban J connectivity index is 1.95. The molecular formula is C16H21N5O. The van der Waals surface area contributed by atoms with Crippen LogP contribution in [0.4, 0.5) is 5.82 Å². The number of hydrogen-bond donors (Lipinski definition) is 1. The summed E-state index contributed by atoms with van der Waals surface area (Å²) in [5, 5.41) is 11.6. The van der Waals surface area contributed by atoms with E-state index in [1.807, 2.05) is 35.8 Å². The molecule has 1 aliphatic heterocycles. The number of rotatable bonds is 0. The molecule has 0 amide bonds. The molecule has 0 fully saturated rings. The maximum atomic E-state index is 5.89. The number of anilines is 1. The molecule has 0 aromatic carbocycles. The number of allylic oxidation sites excluding steroid dienone is 1. The predicted molar refractivity (Wildman–Crippen MR) is 85.3 cm³/mol. The van der Waals surface area contributed by atoms with Gasteiger partial charge in [0.05, 0.1) is 12.6 Å². The average molecular weight is 299 g/mol. The zero-order valence-corrected chi connectivity index (χ0v) is 13.0. The van der Waals surface area contributed by atoms with Crippen molar-refractivity contribution in [2.45, 2.75) is 39.3 Å². The molecule has 3 heterocycles. The van der Waals surface area contributed by atoms with Gasteiger partial charge < -0.3 is 14.6 Å². The van der Waals surface area contributed by atoms with Crippen LogP contribution in [0.25, 0.3) is 11.5 Å². The van der Waals surface area contributed by atoms with Gasteiger partial charge in [-0.15, -0.1) is 10.2 Å². The highest BCUT2D eigenvalue weighted by molar-refractivity contribution is 5.53. The van der Waals surface area contributed by atoms with Gasteiger partial charge in [0.2, 0.25) is 0 Å². The lowest BCUT2D eigenvalue weighted by atomic mass is 10.2. The Labute approximate surface area is 130 Å². The molecule has 1 atom stereocenters. The second kappa shape index (κ2) is 6.60. The van der Waals surface area contributed by atoms with Crippen molar-refractivity contribution in [2.75, 3.05) is 11.9 Å². The third-order valence-electron chi connectivity index (χ3n) is 3.73. The Kier molecular flexibility index (Phi) is 4.37. The SMILES string of the molecule is C/C=C1/OCCCCn2cnnc2-c2cccc(n2)NC1C. The van der Waals surface area contributed by atoms with E-state index in [1.165, 1.54) is 0 Å².